The number of alkyl halides is 1. The van der Waals surface area contributed by atoms with Crippen molar-refractivity contribution in [2.24, 2.45) is 0 Å². The maximum Gasteiger partial charge on any atom is 0.356 e. The Morgan fingerprint density at radius 3 is 2.88 bits per heavy atom. The summed E-state index contributed by atoms with van der Waals surface area (Å²) < 4.78 is 20.1. The Morgan fingerprint density at radius 2 is 2.16 bits per heavy atom. The number of nitrogens with zero attached hydrogens (tertiary/aromatic N) is 1. The van der Waals surface area contributed by atoms with Gasteiger partial charge in [-0.25, -0.2) is 14.2 Å². The van der Waals surface area contributed by atoms with Crippen LogP contribution in [0.5, 0.6) is 0 Å². The Kier molecular flexibility index (Phi) is 5.63. The minimum absolute atomic E-state index is 0.213. The van der Waals surface area contributed by atoms with Gasteiger partial charge in [0.2, 0.25) is 0 Å². The molecule has 0 spiro atoms. The molecule has 0 aliphatic rings. The van der Waals surface area contributed by atoms with E-state index < -0.39 is 5.97 Å². The zero-order valence-corrected chi connectivity index (χ0v) is 16.7. The van der Waals surface area contributed by atoms with Crippen molar-refractivity contribution in [3.8, 4) is 0 Å². The molecular weight excluding hydrogens is 454 g/mol. The van der Waals surface area contributed by atoms with E-state index in [4.69, 9.17) is 4.74 Å². The van der Waals surface area contributed by atoms with Crippen LogP contribution in [0.2, 0.25) is 0 Å². The summed E-state index contributed by atoms with van der Waals surface area (Å²) in [5.74, 6) is -0.659. The van der Waals surface area contributed by atoms with Gasteiger partial charge in [0, 0.05) is 20.4 Å². The first kappa shape index (κ1) is 18.2. The van der Waals surface area contributed by atoms with Crippen molar-refractivity contribution in [2.45, 2.75) is 28.2 Å². The Morgan fingerprint density at radius 1 is 1.36 bits per heavy atom. The summed E-state index contributed by atoms with van der Waals surface area (Å²) in [5, 5.41) is 1.48. The smallest absolute Gasteiger partial charge is 0.356 e. The topological polar surface area (TPSA) is 55.0 Å². The molecule has 0 unspecified atom stereocenters. The fourth-order valence-corrected chi connectivity index (χ4v) is 4.08. The molecule has 0 aliphatic carbocycles. The molecule has 7 heteroatoms. The Hall–Kier alpha value is -1.61. The summed E-state index contributed by atoms with van der Waals surface area (Å²) in [6.07, 6.45) is 0. The van der Waals surface area contributed by atoms with Crippen molar-refractivity contribution < 1.29 is 13.9 Å². The van der Waals surface area contributed by atoms with E-state index in [9.17, 15) is 9.18 Å². The summed E-state index contributed by atoms with van der Waals surface area (Å²) in [6, 6.07) is 8.94. The number of carbonyl (C=O) groups excluding carboxylic acids is 1. The van der Waals surface area contributed by atoms with Gasteiger partial charge in [0.15, 0.2) is 5.82 Å². The van der Waals surface area contributed by atoms with E-state index in [0.29, 0.717) is 27.1 Å². The molecule has 0 atom stereocenters. The summed E-state index contributed by atoms with van der Waals surface area (Å²) >= 11 is 3.55. The highest BCUT2D eigenvalue weighted by molar-refractivity contribution is 14.1. The first-order chi connectivity index (χ1) is 12.0. The number of ether oxygens (including phenoxy) is 1. The molecular formula is C18H16FIN2O2S. The number of benzene rings is 1. The number of aryl methyl sites for hydroxylation is 1. The zero-order valence-electron chi connectivity index (χ0n) is 13.7. The second-order valence-corrected chi connectivity index (χ2v) is 7.15. The van der Waals surface area contributed by atoms with Gasteiger partial charge in [0.1, 0.15) is 10.7 Å². The number of fused-ring (bicyclic) bond motifs is 1. The summed E-state index contributed by atoms with van der Waals surface area (Å²) in [5.41, 5.74) is 2.32. The van der Waals surface area contributed by atoms with Crippen molar-refractivity contribution in [2.75, 3.05) is 6.61 Å². The maximum atomic E-state index is 14.5. The number of hydrogen-bond donors (Lipinski definition) is 1. The number of rotatable bonds is 5. The summed E-state index contributed by atoms with van der Waals surface area (Å²) in [7, 11) is 0. The SMILES string of the molecule is CCOC(=O)c1cccc(Sc2c(C)[nH]c3c(F)c(CI)ccc23)n1. The van der Waals surface area contributed by atoms with Gasteiger partial charge in [-0.1, -0.05) is 52.6 Å². The third kappa shape index (κ3) is 3.67. The highest BCUT2D eigenvalue weighted by Gasteiger charge is 2.16. The van der Waals surface area contributed by atoms with Gasteiger partial charge < -0.3 is 9.72 Å². The molecule has 0 radical (unpaired) electrons. The molecule has 2 heterocycles. The van der Waals surface area contributed by atoms with Gasteiger partial charge in [-0.2, -0.15) is 0 Å². The number of aromatic nitrogens is 2. The van der Waals surface area contributed by atoms with Crippen LogP contribution in [0.1, 0.15) is 28.7 Å². The van der Waals surface area contributed by atoms with Gasteiger partial charge in [-0.3, -0.25) is 0 Å². The van der Waals surface area contributed by atoms with Crippen LogP contribution in [-0.4, -0.2) is 22.5 Å². The van der Waals surface area contributed by atoms with E-state index >= 15 is 0 Å². The van der Waals surface area contributed by atoms with E-state index in [1.165, 1.54) is 11.8 Å². The van der Waals surface area contributed by atoms with Crippen LogP contribution in [-0.2, 0) is 9.16 Å². The highest BCUT2D eigenvalue weighted by Crippen LogP contribution is 2.37. The van der Waals surface area contributed by atoms with E-state index in [1.54, 1.807) is 19.1 Å². The normalized spacial score (nSPS) is 11.0. The molecule has 3 rings (SSSR count). The van der Waals surface area contributed by atoms with Crippen LogP contribution in [0.3, 0.4) is 0 Å². The van der Waals surface area contributed by atoms with Gasteiger partial charge in [-0.15, -0.1) is 0 Å². The Bertz CT molecular complexity index is 942. The third-order valence-electron chi connectivity index (χ3n) is 3.68. The van der Waals surface area contributed by atoms with E-state index in [1.807, 2.05) is 25.1 Å². The highest BCUT2D eigenvalue weighted by atomic mass is 127. The molecule has 0 fully saturated rings. The molecule has 0 saturated heterocycles. The molecule has 130 valence electrons. The predicted octanol–water partition coefficient (Wildman–Crippen LogP) is 5.27. The summed E-state index contributed by atoms with van der Waals surface area (Å²) in [4.78, 5) is 20.2. The second kappa shape index (κ2) is 7.74. The molecule has 25 heavy (non-hydrogen) atoms. The Balaban J connectivity index is 1.99. The largest absolute Gasteiger partial charge is 0.461 e. The van der Waals surface area contributed by atoms with Crippen molar-refractivity contribution in [3.05, 3.63) is 53.1 Å². The van der Waals surface area contributed by atoms with Crippen molar-refractivity contribution >= 4 is 51.2 Å². The molecule has 0 amide bonds. The van der Waals surface area contributed by atoms with Crippen LogP contribution >= 0.6 is 34.4 Å². The Labute approximate surface area is 162 Å². The average Bonchev–Trinajstić information content (AvgIpc) is 2.93. The second-order valence-electron chi connectivity index (χ2n) is 5.36. The number of H-pyrrole nitrogens is 1. The quantitative estimate of drug-likeness (QED) is 0.314. The lowest BCUT2D eigenvalue weighted by Crippen LogP contribution is -2.07. The lowest BCUT2D eigenvalue weighted by molar-refractivity contribution is 0.0518. The van der Waals surface area contributed by atoms with Crippen LogP contribution in [0, 0.1) is 12.7 Å². The van der Waals surface area contributed by atoms with Gasteiger partial charge >= 0.3 is 5.97 Å². The van der Waals surface area contributed by atoms with E-state index in [-0.39, 0.29) is 11.5 Å². The molecule has 1 aromatic carbocycles. The molecule has 1 N–H and O–H groups in total. The lowest BCUT2D eigenvalue weighted by atomic mass is 10.2. The molecule has 0 saturated carbocycles. The monoisotopic (exact) mass is 470 g/mol. The predicted molar refractivity (Wildman–Crippen MR) is 105 cm³/mol. The van der Waals surface area contributed by atoms with E-state index in [0.717, 1.165) is 16.0 Å². The van der Waals surface area contributed by atoms with Crippen molar-refractivity contribution in [3.63, 3.8) is 0 Å². The number of carbonyl (C=O) groups is 1. The lowest BCUT2D eigenvalue weighted by Gasteiger charge is -2.05. The summed E-state index contributed by atoms with van der Waals surface area (Å²) in [6.45, 7) is 3.96. The molecule has 2 aromatic heterocycles. The number of esters is 1. The molecule has 0 aliphatic heterocycles. The molecule has 0 bridgehead atoms. The number of hydrogen-bond acceptors (Lipinski definition) is 4. The number of halogens is 2. The van der Waals surface area contributed by atoms with Crippen molar-refractivity contribution in [1.29, 1.82) is 0 Å². The standard InChI is InChI=1S/C18H16FIN2O2S/c1-3-24-18(23)13-5-4-6-14(22-13)25-17-10(2)21-16-12(17)8-7-11(9-20)15(16)19/h4-8,21H,3,9H2,1-2H3. The first-order valence-electron chi connectivity index (χ1n) is 7.72. The third-order valence-corrected chi connectivity index (χ3v) is 5.67. The molecule has 3 aromatic rings. The minimum atomic E-state index is -0.446. The number of nitrogens with one attached hydrogen (secondary N) is 1. The van der Waals surface area contributed by atoms with Crippen LogP contribution < -0.4 is 0 Å². The van der Waals surface area contributed by atoms with Gasteiger partial charge in [-0.05, 0) is 31.5 Å². The fraction of sp³-hybridized carbons (Fsp3) is 0.222. The zero-order chi connectivity index (χ0) is 18.0. The minimum Gasteiger partial charge on any atom is -0.461 e. The molecule has 4 nitrogen and oxygen atoms in total. The van der Waals surface area contributed by atoms with Crippen molar-refractivity contribution in [1.82, 2.24) is 9.97 Å². The average molecular weight is 470 g/mol. The van der Waals surface area contributed by atoms with Gasteiger partial charge in [0.05, 0.1) is 12.1 Å². The van der Waals surface area contributed by atoms with E-state index in [2.05, 4.69) is 32.6 Å². The van der Waals surface area contributed by atoms with Crippen LogP contribution in [0.4, 0.5) is 4.39 Å². The number of pyridine rings is 1. The first-order valence-corrected chi connectivity index (χ1v) is 10.1. The van der Waals surface area contributed by atoms with Crippen LogP contribution in [0.15, 0.2) is 40.3 Å². The van der Waals surface area contributed by atoms with Crippen LogP contribution in [0.25, 0.3) is 10.9 Å². The maximum absolute atomic E-state index is 14.5. The number of aromatic amines is 1. The fourth-order valence-electron chi connectivity index (χ4n) is 2.51. The van der Waals surface area contributed by atoms with Gasteiger partial charge in [0.25, 0.3) is 0 Å².